The van der Waals surface area contributed by atoms with Gasteiger partial charge in [0.1, 0.15) is 5.84 Å². The van der Waals surface area contributed by atoms with Crippen molar-refractivity contribution in [2.24, 2.45) is 5.73 Å². The molecule has 0 aromatic rings. The summed E-state index contributed by atoms with van der Waals surface area (Å²) in [6.07, 6.45) is 1.49. The minimum Gasteiger partial charge on any atom is -0.386 e. The Hall–Kier alpha value is -0.700. The van der Waals surface area contributed by atoms with Crippen LogP contribution in [0.4, 0.5) is 0 Å². The highest BCUT2D eigenvalue weighted by Crippen LogP contribution is 2.22. The summed E-state index contributed by atoms with van der Waals surface area (Å²) in [5.41, 5.74) is 4.70. The number of ether oxygens (including phenoxy) is 1. The Labute approximate surface area is 115 Å². The molecule has 0 radical (unpaired) electrons. The lowest BCUT2D eigenvalue weighted by Crippen LogP contribution is -2.61. The number of rotatable bonds is 7. The zero-order valence-electron chi connectivity index (χ0n) is 11.6. The van der Waals surface area contributed by atoms with Gasteiger partial charge in [-0.2, -0.15) is 0 Å². The van der Waals surface area contributed by atoms with Gasteiger partial charge in [0.25, 0.3) is 0 Å². The van der Waals surface area contributed by atoms with Crippen LogP contribution in [0.5, 0.6) is 0 Å². The minimum absolute atomic E-state index is 0.00822. The summed E-state index contributed by atoms with van der Waals surface area (Å²) in [5, 5.41) is 7.70. The smallest absolute Gasteiger partial charge is 0.212 e. The first-order valence-electron chi connectivity index (χ1n) is 6.35. The first-order valence-corrected chi connectivity index (χ1v) is 8.00. The highest BCUT2D eigenvalue weighted by molar-refractivity contribution is 7.89. The van der Waals surface area contributed by atoms with E-state index in [9.17, 15) is 8.42 Å². The van der Waals surface area contributed by atoms with Gasteiger partial charge in [-0.1, -0.05) is 0 Å². The van der Waals surface area contributed by atoms with Crippen LogP contribution in [0.1, 0.15) is 19.3 Å². The maximum Gasteiger partial charge on any atom is 0.212 e. The Morgan fingerprint density at radius 2 is 2.05 bits per heavy atom. The zero-order valence-corrected chi connectivity index (χ0v) is 12.4. The lowest BCUT2D eigenvalue weighted by molar-refractivity contribution is 0.199. The summed E-state index contributed by atoms with van der Waals surface area (Å²) >= 11 is 0. The van der Waals surface area contributed by atoms with Crippen molar-refractivity contribution in [1.82, 2.24) is 9.62 Å². The highest BCUT2D eigenvalue weighted by Gasteiger charge is 2.39. The molecule has 0 atom stereocenters. The van der Waals surface area contributed by atoms with Crippen LogP contribution in [0.2, 0.25) is 0 Å². The molecule has 0 aromatic heterocycles. The molecule has 1 aliphatic heterocycles. The second-order valence-electron chi connectivity index (χ2n) is 5.07. The fourth-order valence-electron chi connectivity index (χ4n) is 2.17. The van der Waals surface area contributed by atoms with Gasteiger partial charge in [0, 0.05) is 26.8 Å². The van der Waals surface area contributed by atoms with E-state index in [-0.39, 0.29) is 11.6 Å². The molecule has 0 aliphatic carbocycles. The Balaban J connectivity index is 2.71. The first kappa shape index (κ1) is 16.4. The van der Waals surface area contributed by atoms with Gasteiger partial charge in [0.05, 0.1) is 11.3 Å². The molecule has 1 saturated heterocycles. The van der Waals surface area contributed by atoms with E-state index in [1.54, 1.807) is 0 Å². The topological polar surface area (TPSA) is 109 Å². The number of nitrogens with one attached hydrogen (secondary N) is 2. The highest BCUT2D eigenvalue weighted by atomic mass is 32.2. The molecule has 0 bridgehead atoms. The van der Waals surface area contributed by atoms with Crippen molar-refractivity contribution in [2.45, 2.75) is 24.8 Å². The van der Waals surface area contributed by atoms with Crippen LogP contribution in [0.25, 0.3) is 0 Å². The van der Waals surface area contributed by atoms with Gasteiger partial charge in [0.2, 0.25) is 10.0 Å². The van der Waals surface area contributed by atoms with Crippen LogP contribution in [0.15, 0.2) is 0 Å². The molecule has 8 heteroatoms. The van der Waals surface area contributed by atoms with Crippen molar-refractivity contribution < 1.29 is 13.2 Å². The Morgan fingerprint density at radius 3 is 2.53 bits per heavy atom. The second-order valence-corrected chi connectivity index (χ2v) is 6.91. The van der Waals surface area contributed by atoms with Crippen LogP contribution < -0.4 is 10.5 Å². The summed E-state index contributed by atoms with van der Waals surface area (Å²) < 4.78 is 31.5. The normalized spacial score (nSPS) is 20.3. The third-order valence-corrected chi connectivity index (χ3v) is 5.00. The summed E-state index contributed by atoms with van der Waals surface area (Å²) in [5.74, 6) is -0.109. The average molecular weight is 292 g/mol. The summed E-state index contributed by atoms with van der Waals surface area (Å²) in [6, 6.07) is 0. The molecule has 0 unspecified atom stereocenters. The number of sulfonamides is 1. The van der Waals surface area contributed by atoms with Crippen LogP contribution in [0, 0.1) is 5.41 Å². The number of hydrogen-bond donors (Lipinski definition) is 3. The number of methoxy groups -OCH3 is 1. The molecule has 4 N–H and O–H groups in total. The summed E-state index contributed by atoms with van der Waals surface area (Å²) in [7, 11) is 0.0615. The molecule has 112 valence electrons. The monoisotopic (exact) mass is 292 g/mol. The summed E-state index contributed by atoms with van der Waals surface area (Å²) in [4.78, 5) is 2.10. The third kappa shape index (κ3) is 4.72. The number of nitrogens with two attached hydrogens (primary N) is 1. The SMILES string of the molecule is COCCCS(=O)(=O)NC1(C(=N)N)CCN(C)CC1. The molecule has 1 aliphatic rings. The molecule has 1 fully saturated rings. The number of piperidine rings is 1. The maximum atomic E-state index is 12.0. The first-order chi connectivity index (χ1) is 8.81. The van der Waals surface area contributed by atoms with Crippen LogP contribution in [-0.4, -0.2) is 64.3 Å². The van der Waals surface area contributed by atoms with Gasteiger partial charge >= 0.3 is 0 Å². The molecule has 0 spiro atoms. The van der Waals surface area contributed by atoms with E-state index < -0.39 is 15.6 Å². The third-order valence-electron chi connectivity index (χ3n) is 3.47. The standard InChI is InChI=1S/C11H24N4O3S/c1-15-6-4-11(5-7-15,10(12)13)14-19(16,17)9-3-8-18-2/h14H,3-9H2,1-2H3,(H3,12,13). The Kier molecular flexibility index (Phi) is 5.72. The quantitative estimate of drug-likeness (QED) is 0.328. The van der Waals surface area contributed by atoms with Gasteiger partial charge < -0.3 is 15.4 Å². The van der Waals surface area contributed by atoms with E-state index in [0.717, 1.165) is 13.1 Å². The van der Waals surface area contributed by atoms with Crippen LogP contribution in [-0.2, 0) is 14.8 Å². The zero-order chi connectivity index (χ0) is 14.5. The van der Waals surface area contributed by atoms with Gasteiger partial charge in [-0.25, -0.2) is 13.1 Å². The van der Waals surface area contributed by atoms with Crippen molar-refractivity contribution in [1.29, 1.82) is 5.41 Å². The van der Waals surface area contributed by atoms with Crippen molar-refractivity contribution in [2.75, 3.05) is 39.6 Å². The molecule has 0 aromatic carbocycles. The fourth-order valence-corrected chi connectivity index (χ4v) is 3.68. The van der Waals surface area contributed by atoms with Crippen molar-refractivity contribution in [3.8, 4) is 0 Å². The number of amidine groups is 1. The van der Waals surface area contributed by atoms with Crippen molar-refractivity contribution in [3.63, 3.8) is 0 Å². The second kappa shape index (κ2) is 6.65. The molecule has 19 heavy (non-hydrogen) atoms. The molecular weight excluding hydrogens is 268 g/mol. The predicted octanol–water partition coefficient (Wildman–Crippen LogP) is -0.657. The maximum absolute atomic E-state index is 12.0. The lowest BCUT2D eigenvalue weighted by Gasteiger charge is -2.39. The van der Waals surface area contributed by atoms with Gasteiger partial charge in [0.15, 0.2) is 0 Å². The molecular formula is C11H24N4O3S. The van der Waals surface area contributed by atoms with E-state index in [1.165, 1.54) is 7.11 Å². The predicted molar refractivity (Wildman–Crippen MR) is 74.8 cm³/mol. The van der Waals surface area contributed by atoms with Crippen molar-refractivity contribution in [3.05, 3.63) is 0 Å². The molecule has 7 nitrogen and oxygen atoms in total. The van der Waals surface area contributed by atoms with Crippen LogP contribution in [0.3, 0.4) is 0 Å². The molecule has 0 saturated carbocycles. The number of nitrogens with zero attached hydrogens (tertiary/aromatic N) is 1. The molecule has 1 rings (SSSR count). The molecule has 0 amide bonds. The Bertz CT molecular complexity index is 402. The minimum atomic E-state index is -3.44. The lowest BCUT2D eigenvalue weighted by atomic mass is 9.88. The Morgan fingerprint density at radius 1 is 1.47 bits per heavy atom. The van der Waals surface area contributed by atoms with Crippen molar-refractivity contribution >= 4 is 15.9 Å². The fraction of sp³-hybridized carbons (Fsp3) is 0.909. The number of likely N-dealkylation sites (tertiary alicyclic amines) is 1. The molecule has 1 heterocycles. The van der Waals surface area contributed by atoms with E-state index in [0.29, 0.717) is 25.9 Å². The van der Waals surface area contributed by atoms with E-state index in [2.05, 4.69) is 9.62 Å². The average Bonchev–Trinajstić information content (AvgIpc) is 2.32. The van der Waals surface area contributed by atoms with E-state index in [4.69, 9.17) is 15.9 Å². The van der Waals surface area contributed by atoms with E-state index in [1.807, 2.05) is 7.05 Å². The van der Waals surface area contributed by atoms with Gasteiger partial charge in [-0.05, 0) is 26.3 Å². The van der Waals surface area contributed by atoms with E-state index >= 15 is 0 Å². The number of hydrogen-bond acceptors (Lipinski definition) is 5. The summed E-state index contributed by atoms with van der Waals surface area (Å²) in [6.45, 7) is 1.84. The van der Waals surface area contributed by atoms with Gasteiger partial charge in [-0.15, -0.1) is 0 Å². The van der Waals surface area contributed by atoms with Crippen LogP contribution >= 0.6 is 0 Å². The largest absolute Gasteiger partial charge is 0.386 e. The van der Waals surface area contributed by atoms with Gasteiger partial charge in [-0.3, -0.25) is 5.41 Å².